The molecule has 0 saturated heterocycles. The maximum absolute atomic E-state index is 2.41. The van der Waals surface area contributed by atoms with Crippen LogP contribution in [0.3, 0.4) is 0 Å². The average molecular weight is 286 g/mol. The van der Waals surface area contributed by atoms with Crippen molar-refractivity contribution in [3.63, 3.8) is 0 Å². The first-order valence-corrected chi connectivity index (χ1v) is 8.16. The molecule has 0 spiro atoms. The van der Waals surface area contributed by atoms with Crippen LogP contribution in [0.5, 0.6) is 0 Å². The molecular weight excluding hydrogens is 264 g/mol. The molecule has 4 rings (SSSR count). The van der Waals surface area contributed by atoms with Crippen LogP contribution in [0.25, 0.3) is 21.9 Å². The molecule has 0 aliphatic heterocycles. The fraction of sp³-hybridized carbons (Fsp3) is 0.273. The third-order valence-electron chi connectivity index (χ3n) is 5.23. The molecule has 0 atom stereocenters. The summed E-state index contributed by atoms with van der Waals surface area (Å²) in [5.74, 6) is 0.568. The maximum Gasteiger partial charge on any atom is 0.0159 e. The zero-order valence-corrected chi connectivity index (χ0v) is 13.8. The van der Waals surface area contributed by atoms with Crippen LogP contribution in [0.4, 0.5) is 0 Å². The van der Waals surface area contributed by atoms with Gasteiger partial charge in [0.15, 0.2) is 0 Å². The van der Waals surface area contributed by atoms with E-state index >= 15 is 0 Å². The smallest absolute Gasteiger partial charge is 0.0159 e. The Hall–Kier alpha value is -2.08. The SMILES string of the molecule is CC(C)c1ccc2c(c1)-c1cc3ccccc3cc1C2(C)C. The van der Waals surface area contributed by atoms with E-state index in [1.807, 2.05) is 0 Å². The van der Waals surface area contributed by atoms with Crippen molar-refractivity contribution in [1.82, 2.24) is 0 Å². The van der Waals surface area contributed by atoms with Crippen LogP contribution in [-0.2, 0) is 5.41 Å². The third-order valence-corrected chi connectivity index (χ3v) is 5.23. The van der Waals surface area contributed by atoms with E-state index in [2.05, 4.69) is 82.3 Å². The summed E-state index contributed by atoms with van der Waals surface area (Å²) in [6.07, 6.45) is 0. The van der Waals surface area contributed by atoms with Gasteiger partial charge in [0.25, 0.3) is 0 Å². The molecule has 0 radical (unpaired) electrons. The number of rotatable bonds is 1. The highest BCUT2D eigenvalue weighted by Gasteiger charge is 2.35. The second kappa shape index (κ2) is 4.46. The predicted octanol–water partition coefficient (Wildman–Crippen LogP) is 6.27. The molecule has 0 aromatic heterocycles. The van der Waals surface area contributed by atoms with Gasteiger partial charge < -0.3 is 0 Å². The van der Waals surface area contributed by atoms with Gasteiger partial charge in [-0.05, 0) is 56.6 Å². The number of benzene rings is 3. The lowest BCUT2D eigenvalue weighted by molar-refractivity contribution is 0.660. The fourth-order valence-corrected chi connectivity index (χ4v) is 3.81. The number of hydrogen-bond donors (Lipinski definition) is 0. The van der Waals surface area contributed by atoms with Gasteiger partial charge in [0.1, 0.15) is 0 Å². The topological polar surface area (TPSA) is 0 Å². The van der Waals surface area contributed by atoms with Gasteiger partial charge >= 0.3 is 0 Å². The highest BCUT2D eigenvalue weighted by molar-refractivity contribution is 5.93. The lowest BCUT2D eigenvalue weighted by atomic mass is 9.81. The van der Waals surface area contributed by atoms with Crippen LogP contribution in [-0.4, -0.2) is 0 Å². The van der Waals surface area contributed by atoms with Crippen LogP contribution >= 0.6 is 0 Å². The first kappa shape index (κ1) is 13.6. The summed E-state index contributed by atoms with van der Waals surface area (Å²) in [7, 11) is 0. The molecule has 0 unspecified atom stereocenters. The molecule has 0 fully saturated rings. The Balaban J connectivity index is 2.06. The third kappa shape index (κ3) is 1.76. The molecule has 22 heavy (non-hydrogen) atoms. The monoisotopic (exact) mass is 286 g/mol. The van der Waals surface area contributed by atoms with Crippen LogP contribution in [0, 0.1) is 0 Å². The first-order chi connectivity index (χ1) is 10.5. The predicted molar refractivity (Wildman–Crippen MR) is 95.6 cm³/mol. The summed E-state index contributed by atoms with van der Waals surface area (Å²) < 4.78 is 0. The zero-order valence-electron chi connectivity index (χ0n) is 13.8. The Kier molecular flexibility index (Phi) is 2.75. The summed E-state index contributed by atoms with van der Waals surface area (Å²) in [6, 6.07) is 20.5. The van der Waals surface area contributed by atoms with Crippen LogP contribution in [0.2, 0.25) is 0 Å². The minimum absolute atomic E-state index is 0.0875. The molecule has 1 aliphatic rings. The van der Waals surface area contributed by atoms with Gasteiger partial charge in [0.05, 0.1) is 0 Å². The van der Waals surface area contributed by atoms with Crippen LogP contribution in [0.1, 0.15) is 50.3 Å². The Bertz CT molecular complexity index is 882. The van der Waals surface area contributed by atoms with Crippen molar-refractivity contribution >= 4 is 10.8 Å². The van der Waals surface area contributed by atoms with Gasteiger partial charge in [-0.3, -0.25) is 0 Å². The first-order valence-electron chi connectivity index (χ1n) is 8.16. The molecule has 0 N–H and O–H groups in total. The van der Waals surface area contributed by atoms with Gasteiger partial charge in [-0.2, -0.15) is 0 Å². The van der Waals surface area contributed by atoms with Gasteiger partial charge in [0, 0.05) is 5.41 Å². The summed E-state index contributed by atoms with van der Waals surface area (Å²) in [5, 5.41) is 2.67. The summed E-state index contributed by atoms with van der Waals surface area (Å²) in [5.41, 5.74) is 7.28. The van der Waals surface area contributed by atoms with Gasteiger partial charge in [-0.1, -0.05) is 70.2 Å². The van der Waals surface area contributed by atoms with Crippen molar-refractivity contribution in [2.24, 2.45) is 0 Å². The fourth-order valence-electron chi connectivity index (χ4n) is 3.81. The van der Waals surface area contributed by atoms with Crippen molar-refractivity contribution in [1.29, 1.82) is 0 Å². The molecule has 0 heterocycles. The van der Waals surface area contributed by atoms with Crippen molar-refractivity contribution in [2.45, 2.75) is 39.0 Å². The molecule has 3 aromatic carbocycles. The Labute approximate surface area is 132 Å². The highest BCUT2D eigenvalue weighted by Crippen LogP contribution is 2.50. The van der Waals surface area contributed by atoms with Gasteiger partial charge in [-0.15, -0.1) is 0 Å². The second-order valence-corrected chi connectivity index (χ2v) is 7.33. The molecule has 1 aliphatic carbocycles. The number of hydrogen-bond acceptors (Lipinski definition) is 0. The molecule has 110 valence electrons. The number of fused-ring (bicyclic) bond motifs is 4. The minimum Gasteiger partial charge on any atom is -0.0616 e. The van der Waals surface area contributed by atoms with E-state index in [1.54, 1.807) is 0 Å². The van der Waals surface area contributed by atoms with Crippen molar-refractivity contribution in [2.75, 3.05) is 0 Å². The van der Waals surface area contributed by atoms with E-state index in [9.17, 15) is 0 Å². The van der Waals surface area contributed by atoms with E-state index in [0.717, 1.165) is 0 Å². The zero-order chi connectivity index (χ0) is 15.5. The standard InChI is InChI=1S/C22H22/c1-14(2)15-9-10-20-18(11-15)19-12-16-7-5-6-8-17(16)13-21(19)22(20,3)4/h5-14H,1-4H3. The van der Waals surface area contributed by atoms with E-state index < -0.39 is 0 Å². The molecule has 3 aromatic rings. The van der Waals surface area contributed by atoms with Crippen molar-refractivity contribution < 1.29 is 0 Å². The molecule has 0 amide bonds. The van der Waals surface area contributed by atoms with Crippen LogP contribution < -0.4 is 0 Å². The largest absolute Gasteiger partial charge is 0.0616 e. The molecule has 0 heteroatoms. The molecule has 0 saturated carbocycles. The van der Waals surface area contributed by atoms with Gasteiger partial charge in [0.2, 0.25) is 0 Å². The van der Waals surface area contributed by atoms with Crippen molar-refractivity contribution in [3.8, 4) is 11.1 Å². The Morgan fingerprint density at radius 3 is 2.05 bits per heavy atom. The molecule has 0 nitrogen and oxygen atoms in total. The van der Waals surface area contributed by atoms with E-state index in [-0.39, 0.29) is 5.41 Å². The molecule has 0 bridgehead atoms. The second-order valence-electron chi connectivity index (χ2n) is 7.33. The van der Waals surface area contributed by atoms with E-state index in [0.29, 0.717) is 5.92 Å². The summed E-state index contributed by atoms with van der Waals surface area (Å²) in [6.45, 7) is 9.23. The normalized spacial score (nSPS) is 15.1. The average Bonchev–Trinajstić information content (AvgIpc) is 2.73. The Morgan fingerprint density at radius 2 is 1.36 bits per heavy atom. The maximum atomic E-state index is 2.41. The lowest BCUT2D eigenvalue weighted by Crippen LogP contribution is -2.14. The van der Waals surface area contributed by atoms with E-state index in [4.69, 9.17) is 0 Å². The molecular formula is C22H22. The van der Waals surface area contributed by atoms with Gasteiger partial charge in [-0.25, -0.2) is 0 Å². The lowest BCUT2D eigenvalue weighted by Gasteiger charge is -2.22. The van der Waals surface area contributed by atoms with E-state index in [1.165, 1.54) is 38.6 Å². The highest BCUT2D eigenvalue weighted by atomic mass is 14.4. The van der Waals surface area contributed by atoms with Crippen molar-refractivity contribution in [3.05, 3.63) is 71.3 Å². The minimum atomic E-state index is 0.0875. The summed E-state index contributed by atoms with van der Waals surface area (Å²) >= 11 is 0. The summed E-state index contributed by atoms with van der Waals surface area (Å²) in [4.78, 5) is 0. The quantitative estimate of drug-likeness (QED) is 0.494. The Morgan fingerprint density at radius 1 is 0.727 bits per heavy atom. The van der Waals surface area contributed by atoms with Crippen LogP contribution in [0.15, 0.2) is 54.6 Å².